The van der Waals surface area contributed by atoms with Gasteiger partial charge in [0, 0.05) is 12.6 Å². The van der Waals surface area contributed by atoms with Crippen LogP contribution in [0.15, 0.2) is 4.79 Å². The molecule has 0 aliphatic carbocycles. The average Bonchev–Trinajstić information content (AvgIpc) is 1.99. The lowest BCUT2D eigenvalue weighted by molar-refractivity contribution is 0.954. The van der Waals surface area contributed by atoms with E-state index >= 15 is 0 Å². The molecule has 1 aromatic rings. The van der Waals surface area contributed by atoms with Crippen LogP contribution in [0.5, 0.6) is 0 Å². The maximum absolute atomic E-state index is 11.0. The molecule has 0 radical (unpaired) electrons. The van der Waals surface area contributed by atoms with Gasteiger partial charge in [0.15, 0.2) is 0 Å². The summed E-state index contributed by atoms with van der Waals surface area (Å²) in [5.41, 5.74) is 1.19. The molecular weight excluding hydrogens is 128 g/mol. The number of aromatic nitrogens is 2. The molecule has 0 saturated carbocycles. The second-order valence-corrected chi connectivity index (χ2v) is 2.22. The Morgan fingerprint density at radius 3 is 2.80 bits per heavy atom. The van der Waals surface area contributed by atoms with Gasteiger partial charge in [-0.25, -0.2) is 4.98 Å². The van der Waals surface area contributed by atoms with Crippen LogP contribution >= 0.6 is 0 Å². The third kappa shape index (κ3) is 1.07. The van der Waals surface area contributed by atoms with E-state index in [2.05, 4.69) is 9.97 Å². The van der Waals surface area contributed by atoms with Gasteiger partial charge in [-0.15, -0.1) is 0 Å². The molecule has 1 aromatic heterocycles. The van der Waals surface area contributed by atoms with Crippen LogP contribution in [0.3, 0.4) is 0 Å². The van der Waals surface area contributed by atoms with E-state index in [0.717, 1.165) is 0 Å². The Kier molecular flexibility index (Phi) is 1.27. The monoisotopic (exact) mass is 139 g/mol. The Labute approximate surface area is 60.5 Å². The minimum Gasteiger partial charge on any atom is -0.311 e. The highest BCUT2D eigenvalue weighted by atomic mass is 16.1. The van der Waals surface area contributed by atoms with Crippen LogP contribution in [0.1, 0.15) is 18.5 Å². The van der Waals surface area contributed by atoms with Gasteiger partial charge in [0.1, 0.15) is 5.82 Å². The van der Waals surface area contributed by atoms with E-state index in [9.17, 15) is 4.79 Å². The van der Waals surface area contributed by atoms with Gasteiger partial charge in [0.2, 0.25) is 0 Å². The molecule has 0 aliphatic heterocycles. The molecule has 0 saturated heterocycles. The lowest BCUT2D eigenvalue weighted by atomic mass is 10.3. The van der Waals surface area contributed by atoms with Gasteiger partial charge in [-0.1, -0.05) is 0 Å². The lowest BCUT2D eigenvalue weighted by Gasteiger charge is -1.97. The fraction of sp³-hybridized carbons (Fsp3) is 0.429. The Morgan fingerprint density at radius 1 is 1.60 bits per heavy atom. The van der Waals surface area contributed by atoms with Crippen molar-refractivity contribution >= 4 is 0 Å². The molecule has 0 bridgehead atoms. The molecular formula is C7H10N2O. The van der Waals surface area contributed by atoms with E-state index in [1.54, 1.807) is 13.8 Å². The molecule has 10 heavy (non-hydrogen) atoms. The second-order valence-electron chi connectivity index (χ2n) is 2.22. The SMILES string of the molecule is [2H]Cc1nc(C)c(C)c(=O)[nH]1. The highest BCUT2D eigenvalue weighted by Crippen LogP contribution is 1.94. The average molecular weight is 139 g/mol. The normalized spacial score (nSPS) is 11.2. The third-order valence-electron chi connectivity index (χ3n) is 1.44. The Hall–Kier alpha value is -1.12. The van der Waals surface area contributed by atoms with E-state index in [0.29, 0.717) is 17.1 Å². The molecule has 1 heterocycles. The first-order chi connectivity index (χ1) is 5.15. The zero-order valence-electron chi connectivity index (χ0n) is 7.06. The molecule has 0 spiro atoms. The first-order valence-corrected chi connectivity index (χ1v) is 3.00. The van der Waals surface area contributed by atoms with E-state index in [1.165, 1.54) is 0 Å². The van der Waals surface area contributed by atoms with Crippen molar-refractivity contribution in [3.63, 3.8) is 0 Å². The lowest BCUT2D eigenvalue weighted by Crippen LogP contribution is -2.14. The number of rotatable bonds is 0. The Bertz CT molecular complexity index is 319. The standard InChI is InChI=1S/C7H10N2O/c1-4-5(2)8-6(3)9-7(4)10/h1-3H3,(H,8,9,10)/i3D. The van der Waals surface area contributed by atoms with Gasteiger partial charge >= 0.3 is 0 Å². The Morgan fingerprint density at radius 2 is 2.30 bits per heavy atom. The van der Waals surface area contributed by atoms with Crippen LogP contribution in [-0.2, 0) is 0 Å². The van der Waals surface area contributed by atoms with Crippen molar-refractivity contribution in [3.05, 3.63) is 27.4 Å². The molecule has 0 amide bonds. The summed E-state index contributed by atoms with van der Waals surface area (Å²) < 4.78 is 6.97. The van der Waals surface area contributed by atoms with Gasteiger partial charge in [-0.2, -0.15) is 0 Å². The molecule has 0 atom stereocenters. The smallest absolute Gasteiger partial charge is 0.254 e. The van der Waals surface area contributed by atoms with Crippen molar-refractivity contribution in [3.8, 4) is 0 Å². The van der Waals surface area contributed by atoms with Crippen molar-refractivity contribution in [1.29, 1.82) is 0 Å². The molecule has 0 aliphatic rings. The van der Waals surface area contributed by atoms with Crippen LogP contribution < -0.4 is 5.56 Å². The van der Waals surface area contributed by atoms with Crippen molar-refractivity contribution < 1.29 is 1.37 Å². The van der Waals surface area contributed by atoms with Crippen molar-refractivity contribution in [2.75, 3.05) is 0 Å². The molecule has 0 unspecified atom stereocenters. The van der Waals surface area contributed by atoms with Crippen LogP contribution in [0.25, 0.3) is 0 Å². The summed E-state index contributed by atoms with van der Waals surface area (Å²) in [4.78, 5) is 17.6. The van der Waals surface area contributed by atoms with Crippen molar-refractivity contribution in [1.82, 2.24) is 9.97 Å². The van der Waals surface area contributed by atoms with Gasteiger partial charge in [0.25, 0.3) is 5.56 Å². The second kappa shape index (κ2) is 2.25. The maximum Gasteiger partial charge on any atom is 0.254 e. The zero-order chi connectivity index (χ0) is 8.43. The van der Waals surface area contributed by atoms with Gasteiger partial charge < -0.3 is 4.98 Å². The number of nitrogens with one attached hydrogen (secondary N) is 1. The molecule has 0 aromatic carbocycles. The van der Waals surface area contributed by atoms with Crippen molar-refractivity contribution in [2.45, 2.75) is 20.7 Å². The highest BCUT2D eigenvalue weighted by Gasteiger charge is 1.98. The topological polar surface area (TPSA) is 45.8 Å². The van der Waals surface area contributed by atoms with Crippen LogP contribution in [-0.4, -0.2) is 9.97 Å². The largest absolute Gasteiger partial charge is 0.311 e. The number of H-pyrrole nitrogens is 1. The zero-order valence-corrected chi connectivity index (χ0v) is 6.06. The van der Waals surface area contributed by atoms with E-state index < -0.39 is 0 Å². The number of nitrogens with zero attached hydrogens (tertiary/aromatic N) is 1. The van der Waals surface area contributed by atoms with Gasteiger partial charge in [0.05, 0.1) is 0 Å². The van der Waals surface area contributed by atoms with Crippen molar-refractivity contribution in [2.24, 2.45) is 0 Å². The third-order valence-corrected chi connectivity index (χ3v) is 1.44. The van der Waals surface area contributed by atoms with Crippen LogP contribution in [0.2, 0.25) is 0 Å². The van der Waals surface area contributed by atoms with E-state index in [4.69, 9.17) is 1.37 Å². The summed E-state index contributed by atoms with van der Waals surface area (Å²) >= 11 is 0. The summed E-state index contributed by atoms with van der Waals surface area (Å²) in [5.74, 6) is 0.429. The summed E-state index contributed by atoms with van der Waals surface area (Å²) in [6, 6.07) is 0. The Balaban J connectivity index is 3.32. The first kappa shape index (κ1) is 5.65. The predicted molar refractivity (Wildman–Crippen MR) is 39.1 cm³/mol. The number of aromatic amines is 1. The van der Waals surface area contributed by atoms with Gasteiger partial charge in [-0.3, -0.25) is 4.79 Å². The molecule has 3 nitrogen and oxygen atoms in total. The highest BCUT2D eigenvalue weighted by molar-refractivity contribution is 5.13. The molecule has 1 N–H and O–H groups in total. The summed E-state index contributed by atoms with van der Waals surface area (Å²) in [6.07, 6.45) is 0. The minimum atomic E-state index is -0.139. The molecule has 1 rings (SSSR count). The number of aryl methyl sites for hydroxylation is 2. The molecule has 54 valence electrons. The quantitative estimate of drug-likeness (QED) is 0.575. The summed E-state index contributed by atoms with van der Waals surface area (Å²) in [6.45, 7) is 3.51. The maximum atomic E-state index is 11.0. The van der Waals surface area contributed by atoms with Gasteiger partial charge in [-0.05, 0) is 20.7 Å². The first-order valence-electron chi connectivity index (χ1n) is 3.71. The minimum absolute atomic E-state index is 0.0242. The fourth-order valence-corrected chi connectivity index (χ4v) is 0.703. The fourth-order valence-electron chi connectivity index (χ4n) is 0.703. The van der Waals surface area contributed by atoms with E-state index in [-0.39, 0.29) is 12.5 Å². The van der Waals surface area contributed by atoms with Crippen LogP contribution in [0.4, 0.5) is 0 Å². The molecule has 0 fully saturated rings. The number of hydrogen-bond donors (Lipinski definition) is 1. The predicted octanol–water partition coefficient (Wildman–Crippen LogP) is 0.695. The van der Waals surface area contributed by atoms with Crippen LogP contribution in [0, 0.1) is 20.7 Å². The number of hydrogen-bond acceptors (Lipinski definition) is 2. The summed E-state index contributed by atoms with van der Waals surface area (Å²) in [5, 5.41) is 0. The molecule has 3 heteroatoms. The van der Waals surface area contributed by atoms with E-state index in [1.807, 2.05) is 0 Å². The summed E-state index contributed by atoms with van der Waals surface area (Å²) in [7, 11) is 0.